The van der Waals surface area contributed by atoms with Gasteiger partial charge in [0.2, 0.25) is 5.91 Å². The molecule has 0 unspecified atom stereocenters. The molecule has 1 aliphatic rings. The van der Waals surface area contributed by atoms with Crippen molar-refractivity contribution in [2.75, 3.05) is 15.5 Å². The Morgan fingerprint density at radius 1 is 0.796 bits per heavy atom. The van der Waals surface area contributed by atoms with Crippen LogP contribution in [0.15, 0.2) is 48.5 Å². The van der Waals surface area contributed by atoms with Crippen LogP contribution < -0.4 is 15.5 Å². The lowest BCUT2D eigenvalue weighted by Crippen LogP contribution is -2.44. The van der Waals surface area contributed by atoms with E-state index in [4.69, 9.17) is 67.5 Å². The van der Waals surface area contributed by atoms with Crippen molar-refractivity contribution in [3.8, 4) is 0 Å². The van der Waals surface area contributed by atoms with Gasteiger partial charge in [0.25, 0.3) is 5.91 Å². The fraction of sp³-hybridized carbons (Fsp3) is 0.333. The molecule has 0 bridgehead atoms. The van der Waals surface area contributed by atoms with Gasteiger partial charge in [-0.1, -0.05) is 34.8 Å². The number of hydrogen-bond acceptors (Lipinski definition) is 6. The fourth-order valence-electron chi connectivity index (χ4n) is 4.72. The molecule has 1 saturated carbocycles. The largest absolute Gasteiger partial charge is 0.443 e. The number of anilines is 3. The third-order valence-electron chi connectivity index (χ3n) is 6.75. The lowest BCUT2D eigenvalue weighted by Gasteiger charge is -2.29. The van der Waals surface area contributed by atoms with Crippen LogP contribution in [0.2, 0.25) is 15.1 Å². The van der Waals surface area contributed by atoms with Gasteiger partial charge in [-0.15, -0.1) is 23.2 Å². The third-order valence-corrected chi connectivity index (χ3v) is 8.46. The first-order valence-corrected chi connectivity index (χ1v) is 16.4. The molecule has 2 atom stereocenters. The average molecular weight is 780 g/mol. The maximum absolute atomic E-state index is 15.9. The first kappa shape index (κ1) is 38.5. The molecule has 0 radical (unpaired) electrons. The summed E-state index contributed by atoms with van der Waals surface area (Å²) in [6.45, 7) is 8.93. The van der Waals surface area contributed by atoms with Crippen LogP contribution in [0.25, 0.3) is 0 Å². The van der Waals surface area contributed by atoms with E-state index >= 15 is 8.78 Å². The summed E-state index contributed by atoms with van der Waals surface area (Å²) in [5.41, 5.74) is -3.66. The molecular formula is C33H30Cl5F2N3O6. The summed E-state index contributed by atoms with van der Waals surface area (Å²) in [5, 5.41) is 5.46. The first-order chi connectivity index (χ1) is 22.5. The van der Waals surface area contributed by atoms with Crippen LogP contribution in [0.3, 0.4) is 0 Å². The van der Waals surface area contributed by atoms with Crippen molar-refractivity contribution in [1.29, 1.82) is 0 Å². The Kier molecular flexibility index (Phi) is 11.1. The number of ether oxygens (including phenoxy) is 2. The number of nitrogens with zero attached hydrogens (tertiary/aromatic N) is 1. The van der Waals surface area contributed by atoms with Crippen LogP contribution in [0.4, 0.5) is 35.4 Å². The van der Waals surface area contributed by atoms with E-state index < -0.39 is 74.4 Å². The van der Waals surface area contributed by atoms with Crippen molar-refractivity contribution in [3.05, 3.63) is 86.4 Å². The van der Waals surface area contributed by atoms with Gasteiger partial charge in [-0.05, 0) is 95.6 Å². The number of halogens is 7. The lowest BCUT2D eigenvalue weighted by atomic mass is 10.1. The highest BCUT2D eigenvalue weighted by Gasteiger charge is 2.67. The molecule has 262 valence electrons. The number of benzene rings is 3. The summed E-state index contributed by atoms with van der Waals surface area (Å²) < 4.78 is 40.1. The maximum atomic E-state index is 15.9. The Labute approximate surface area is 306 Å². The molecule has 9 nitrogen and oxygen atoms in total. The van der Waals surface area contributed by atoms with E-state index in [1.165, 1.54) is 65.8 Å². The highest BCUT2D eigenvalue weighted by molar-refractivity contribution is 6.53. The predicted octanol–water partition coefficient (Wildman–Crippen LogP) is 10.4. The zero-order chi connectivity index (χ0) is 36.8. The van der Waals surface area contributed by atoms with E-state index in [1.54, 1.807) is 12.1 Å². The van der Waals surface area contributed by atoms with Crippen molar-refractivity contribution < 1.29 is 37.4 Å². The maximum Gasteiger partial charge on any atom is 0.424 e. The summed E-state index contributed by atoms with van der Waals surface area (Å²) >= 11 is 31.4. The van der Waals surface area contributed by atoms with Gasteiger partial charge in [-0.3, -0.25) is 9.59 Å². The van der Waals surface area contributed by atoms with Crippen molar-refractivity contribution in [3.63, 3.8) is 0 Å². The molecule has 4 rings (SSSR count). The smallest absolute Gasteiger partial charge is 0.424 e. The summed E-state index contributed by atoms with van der Waals surface area (Å²) in [4.78, 5) is 52.7. The predicted molar refractivity (Wildman–Crippen MR) is 186 cm³/mol. The average Bonchev–Trinajstić information content (AvgIpc) is 3.52. The molecule has 4 amide bonds. The molecule has 0 aliphatic heterocycles. The van der Waals surface area contributed by atoms with Gasteiger partial charge in [0.05, 0.1) is 22.2 Å². The third kappa shape index (κ3) is 9.07. The minimum absolute atomic E-state index is 0.0657. The van der Waals surface area contributed by atoms with Gasteiger partial charge in [-0.25, -0.2) is 18.4 Å². The SMILES string of the molecule is CC(C)(C)OC(=O)N(C(=O)OC(C)(C)C)c1c(F)ccc(NC(=O)c2cc(NC(=O)[C@H]3[C@H](c4cc(Cl)cc(Cl)c4)C3(Cl)Cl)ccc2Cl)c1F. The van der Waals surface area contributed by atoms with Crippen molar-refractivity contribution in [1.82, 2.24) is 0 Å². The first-order valence-electron chi connectivity index (χ1n) is 14.5. The molecule has 49 heavy (non-hydrogen) atoms. The van der Waals surface area contributed by atoms with Gasteiger partial charge in [-0.2, -0.15) is 4.90 Å². The second-order valence-electron chi connectivity index (χ2n) is 13.0. The summed E-state index contributed by atoms with van der Waals surface area (Å²) in [6, 6.07) is 10.2. The van der Waals surface area contributed by atoms with Gasteiger partial charge in [0.1, 0.15) is 21.2 Å². The number of rotatable bonds is 6. The van der Waals surface area contributed by atoms with E-state index in [-0.39, 0.29) is 21.2 Å². The number of amides is 4. The number of nitrogens with one attached hydrogen (secondary N) is 2. The molecule has 3 aromatic carbocycles. The van der Waals surface area contributed by atoms with E-state index in [1.807, 2.05) is 0 Å². The standard InChI is InChI=1S/C33H30Cl5F2N3O6/c1-31(2,3)48-29(46)43(30(47)49-32(4,5)6)26-21(39)9-10-22(25(26)40)42-27(44)19-14-18(7-8-20(19)36)41-28(45)24-23(33(24,37)38)15-11-16(34)13-17(35)12-15/h7-14,23-24H,1-6H3,(H,41,45)(H,42,44)/t23-,24+/m0/s1. The van der Waals surface area contributed by atoms with Crippen LogP contribution in [0, 0.1) is 17.6 Å². The van der Waals surface area contributed by atoms with E-state index in [0.29, 0.717) is 15.6 Å². The molecule has 3 aromatic rings. The highest BCUT2D eigenvalue weighted by atomic mass is 35.5. The molecule has 1 fully saturated rings. The van der Waals surface area contributed by atoms with Gasteiger partial charge < -0.3 is 20.1 Å². The van der Waals surface area contributed by atoms with Crippen molar-refractivity contribution in [2.24, 2.45) is 5.92 Å². The van der Waals surface area contributed by atoms with Gasteiger partial charge >= 0.3 is 12.2 Å². The monoisotopic (exact) mass is 777 g/mol. The van der Waals surface area contributed by atoms with Crippen molar-refractivity contribution in [2.45, 2.75) is 63.0 Å². The lowest BCUT2D eigenvalue weighted by molar-refractivity contribution is -0.117. The van der Waals surface area contributed by atoms with E-state index in [2.05, 4.69) is 10.6 Å². The Hall–Kier alpha value is -3.35. The molecule has 0 aromatic heterocycles. The fourth-order valence-corrected chi connectivity index (χ4v) is 6.30. The number of hydrogen-bond donors (Lipinski definition) is 2. The van der Waals surface area contributed by atoms with E-state index in [0.717, 1.165) is 12.1 Å². The minimum Gasteiger partial charge on any atom is -0.443 e. The Balaban J connectivity index is 1.60. The van der Waals surface area contributed by atoms with Crippen LogP contribution >= 0.6 is 58.0 Å². The zero-order valence-corrected chi connectivity index (χ0v) is 30.6. The van der Waals surface area contributed by atoms with Gasteiger partial charge in [0, 0.05) is 21.7 Å². The van der Waals surface area contributed by atoms with Gasteiger partial charge in [0.15, 0.2) is 11.6 Å². The topological polar surface area (TPSA) is 114 Å². The number of carbonyl (C=O) groups is 4. The Morgan fingerprint density at radius 2 is 1.35 bits per heavy atom. The second kappa shape index (κ2) is 14.1. The number of imide groups is 1. The quantitative estimate of drug-likeness (QED) is 0.241. The normalized spacial score (nSPS) is 16.8. The molecule has 16 heteroatoms. The van der Waals surface area contributed by atoms with Crippen LogP contribution in [0.5, 0.6) is 0 Å². The minimum atomic E-state index is -1.49. The van der Waals surface area contributed by atoms with Crippen LogP contribution in [0.1, 0.15) is 63.4 Å². The van der Waals surface area contributed by atoms with Crippen LogP contribution in [-0.2, 0) is 14.3 Å². The summed E-state index contributed by atoms with van der Waals surface area (Å²) in [7, 11) is 0. The van der Waals surface area contributed by atoms with Crippen molar-refractivity contribution >= 4 is 99.1 Å². The molecule has 0 saturated heterocycles. The molecule has 1 aliphatic carbocycles. The Morgan fingerprint density at radius 3 is 1.88 bits per heavy atom. The zero-order valence-electron chi connectivity index (χ0n) is 26.8. The molecular weight excluding hydrogens is 750 g/mol. The highest BCUT2D eigenvalue weighted by Crippen LogP contribution is 2.65. The molecule has 0 spiro atoms. The number of alkyl halides is 2. The van der Waals surface area contributed by atoms with E-state index in [9.17, 15) is 19.2 Å². The molecule has 0 heterocycles. The van der Waals surface area contributed by atoms with Crippen LogP contribution in [-0.4, -0.2) is 39.5 Å². The second-order valence-corrected chi connectivity index (χ2v) is 15.7. The summed E-state index contributed by atoms with van der Waals surface area (Å²) in [5.74, 6) is -5.95. The number of carbonyl (C=O) groups excluding carboxylic acids is 4. The summed E-state index contributed by atoms with van der Waals surface area (Å²) in [6.07, 6.45) is -2.85. The Bertz CT molecular complexity index is 1800. The molecule has 2 N–H and O–H groups in total.